The zero-order chi connectivity index (χ0) is 16.7. The third kappa shape index (κ3) is 5.28. The second kappa shape index (κ2) is 8.17. The number of nitrogens with one attached hydrogen (secondary N) is 1. The van der Waals surface area contributed by atoms with Gasteiger partial charge in [0.25, 0.3) is 5.91 Å². The molecule has 2 rings (SSSR count). The SMILES string of the molecule is Cc1ccc(OCC(=O)NCC(=O)N2CCN(C=O)CC2)cc1. The fraction of sp³-hybridized carbons (Fsp3) is 0.438. The summed E-state index contributed by atoms with van der Waals surface area (Å²) in [6, 6.07) is 7.38. The van der Waals surface area contributed by atoms with Gasteiger partial charge in [-0.05, 0) is 19.1 Å². The van der Waals surface area contributed by atoms with Gasteiger partial charge in [0.1, 0.15) is 5.75 Å². The molecule has 23 heavy (non-hydrogen) atoms. The number of carbonyl (C=O) groups excluding carboxylic acids is 3. The number of hydrogen-bond donors (Lipinski definition) is 1. The molecule has 7 heteroatoms. The highest BCUT2D eigenvalue weighted by molar-refractivity contribution is 5.85. The predicted molar refractivity (Wildman–Crippen MR) is 83.9 cm³/mol. The highest BCUT2D eigenvalue weighted by Crippen LogP contribution is 2.10. The first-order chi connectivity index (χ1) is 11.1. The van der Waals surface area contributed by atoms with Gasteiger partial charge in [0.15, 0.2) is 6.61 Å². The molecule has 1 aliphatic heterocycles. The monoisotopic (exact) mass is 319 g/mol. The van der Waals surface area contributed by atoms with Gasteiger partial charge < -0.3 is 19.9 Å². The lowest BCUT2D eigenvalue weighted by atomic mass is 10.2. The zero-order valence-corrected chi connectivity index (χ0v) is 13.2. The molecular formula is C16H21N3O4. The number of nitrogens with zero attached hydrogens (tertiary/aromatic N) is 2. The molecular weight excluding hydrogens is 298 g/mol. The van der Waals surface area contributed by atoms with Gasteiger partial charge in [-0.2, -0.15) is 0 Å². The maximum absolute atomic E-state index is 12.0. The van der Waals surface area contributed by atoms with Crippen molar-refractivity contribution in [2.45, 2.75) is 6.92 Å². The van der Waals surface area contributed by atoms with E-state index in [2.05, 4.69) is 5.32 Å². The molecule has 1 fully saturated rings. The molecule has 1 aromatic rings. The van der Waals surface area contributed by atoms with Gasteiger partial charge in [-0.3, -0.25) is 14.4 Å². The Labute approximate surface area is 135 Å². The molecule has 124 valence electrons. The van der Waals surface area contributed by atoms with Crippen molar-refractivity contribution in [2.75, 3.05) is 39.3 Å². The van der Waals surface area contributed by atoms with Gasteiger partial charge in [-0.15, -0.1) is 0 Å². The predicted octanol–water partition coefficient (Wildman–Crippen LogP) is -0.209. The van der Waals surface area contributed by atoms with Crippen molar-refractivity contribution in [3.8, 4) is 5.75 Å². The molecule has 0 aliphatic carbocycles. The second-order valence-electron chi connectivity index (χ2n) is 5.40. The lowest BCUT2D eigenvalue weighted by Gasteiger charge is -2.32. The van der Waals surface area contributed by atoms with E-state index >= 15 is 0 Å². The van der Waals surface area contributed by atoms with E-state index in [0.29, 0.717) is 31.9 Å². The molecule has 0 saturated carbocycles. The molecule has 0 spiro atoms. The summed E-state index contributed by atoms with van der Waals surface area (Å²) in [7, 11) is 0. The van der Waals surface area contributed by atoms with Crippen LogP contribution in [0.1, 0.15) is 5.56 Å². The van der Waals surface area contributed by atoms with E-state index in [0.717, 1.165) is 12.0 Å². The smallest absolute Gasteiger partial charge is 0.258 e. The van der Waals surface area contributed by atoms with Crippen LogP contribution in [-0.2, 0) is 14.4 Å². The first-order valence-corrected chi connectivity index (χ1v) is 7.52. The number of rotatable bonds is 6. The first-order valence-electron chi connectivity index (χ1n) is 7.52. The van der Waals surface area contributed by atoms with E-state index in [1.54, 1.807) is 21.9 Å². The Bertz CT molecular complexity index is 551. The highest BCUT2D eigenvalue weighted by Gasteiger charge is 2.20. The normalized spacial score (nSPS) is 14.3. The molecule has 0 radical (unpaired) electrons. The van der Waals surface area contributed by atoms with Crippen LogP contribution in [0.3, 0.4) is 0 Å². The Hall–Kier alpha value is -2.57. The van der Waals surface area contributed by atoms with Gasteiger partial charge in [0, 0.05) is 26.2 Å². The summed E-state index contributed by atoms with van der Waals surface area (Å²) >= 11 is 0. The van der Waals surface area contributed by atoms with Crippen molar-refractivity contribution in [2.24, 2.45) is 0 Å². The van der Waals surface area contributed by atoms with Crippen molar-refractivity contribution < 1.29 is 19.1 Å². The minimum absolute atomic E-state index is 0.0584. The van der Waals surface area contributed by atoms with E-state index in [9.17, 15) is 14.4 Å². The van der Waals surface area contributed by atoms with Crippen LogP contribution in [0.2, 0.25) is 0 Å². The van der Waals surface area contributed by atoms with Crippen LogP contribution in [0.5, 0.6) is 5.75 Å². The third-order valence-electron chi connectivity index (χ3n) is 3.64. The van der Waals surface area contributed by atoms with Gasteiger partial charge in [-0.1, -0.05) is 17.7 Å². The van der Waals surface area contributed by atoms with Crippen LogP contribution < -0.4 is 10.1 Å². The number of carbonyl (C=O) groups is 3. The summed E-state index contributed by atoms with van der Waals surface area (Å²) in [5, 5.41) is 2.55. The van der Waals surface area contributed by atoms with E-state index in [1.165, 1.54) is 0 Å². The first kappa shape index (κ1) is 16.8. The number of amides is 3. The van der Waals surface area contributed by atoms with Crippen molar-refractivity contribution in [3.05, 3.63) is 29.8 Å². The van der Waals surface area contributed by atoms with Crippen molar-refractivity contribution in [1.29, 1.82) is 0 Å². The van der Waals surface area contributed by atoms with E-state index in [1.807, 2.05) is 19.1 Å². The Morgan fingerprint density at radius 1 is 1.17 bits per heavy atom. The molecule has 1 N–H and O–H groups in total. The minimum Gasteiger partial charge on any atom is -0.484 e. The quantitative estimate of drug-likeness (QED) is 0.736. The van der Waals surface area contributed by atoms with Crippen LogP contribution in [0, 0.1) is 6.92 Å². The van der Waals surface area contributed by atoms with E-state index in [-0.39, 0.29) is 25.0 Å². The summed E-state index contributed by atoms with van der Waals surface area (Å²) in [6.07, 6.45) is 0.784. The lowest BCUT2D eigenvalue weighted by molar-refractivity contribution is -0.136. The molecule has 1 saturated heterocycles. The van der Waals surface area contributed by atoms with Gasteiger partial charge in [-0.25, -0.2) is 0 Å². The van der Waals surface area contributed by atoms with Gasteiger partial charge >= 0.3 is 0 Å². The Balaban J connectivity index is 1.66. The molecule has 0 atom stereocenters. The fourth-order valence-corrected chi connectivity index (χ4v) is 2.20. The number of piperazine rings is 1. The molecule has 1 aromatic carbocycles. The Morgan fingerprint density at radius 3 is 2.43 bits per heavy atom. The van der Waals surface area contributed by atoms with Crippen molar-refractivity contribution in [3.63, 3.8) is 0 Å². The maximum atomic E-state index is 12.0. The zero-order valence-electron chi connectivity index (χ0n) is 13.2. The highest BCUT2D eigenvalue weighted by atomic mass is 16.5. The third-order valence-corrected chi connectivity index (χ3v) is 3.64. The molecule has 0 aromatic heterocycles. The average molecular weight is 319 g/mol. The molecule has 1 aliphatic rings. The molecule has 0 unspecified atom stereocenters. The van der Waals surface area contributed by atoms with Crippen LogP contribution in [-0.4, -0.2) is 67.4 Å². The number of ether oxygens (including phenoxy) is 1. The molecule has 0 bridgehead atoms. The van der Waals surface area contributed by atoms with E-state index < -0.39 is 0 Å². The van der Waals surface area contributed by atoms with E-state index in [4.69, 9.17) is 4.74 Å². The average Bonchev–Trinajstić information content (AvgIpc) is 2.59. The van der Waals surface area contributed by atoms with Gasteiger partial charge in [0.2, 0.25) is 12.3 Å². The maximum Gasteiger partial charge on any atom is 0.258 e. The van der Waals surface area contributed by atoms with Crippen molar-refractivity contribution in [1.82, 2.24) is 15.1 Å². The lowest BCUT2D eigenvalue weighted by Crippen LogP contribution is -2.51. The summed E-state index contributed by atoms with van der Waals surface area (Å²) < 4.78 is 5.35. The standard InChI is InChI=1S/C16H21N3O4/c1-13-2-4-14(5-3-13)23-11-15(21)17-10-16(22)19-8-6-18(12-20)7-9-19/h2-5,12H,6-11H2,1H3,(H,17,21). The second-order valence-corrected chi connectivity index (χ2v) is 5.40. The topological polar surface area (TPSA) is 79.0 Å². The molecule has 3 amide bonds. The largest absolute Gasteiger partial charge is 0.484 e. The Kier molecular flexibility index (Phi) is 5.96. The van der Waals surface area contributed by atoms with Crippen LogP contribution in [0.15, 0.2) is 24.3 Å². The van der Waals surface area contributed by atoms with Crippen LogP contribution in [0.25, 0.3) is 0 Å². The number of hydrogen-bond acceptors (Lipinski definition) is 4. The van der Waals surface area contributed by atoms with Crippen LogP contribution >= 0.6 is 0 Å². The molecule has 1 heterocycles. The summed E-state index contributed by atoms with van der Waals surface area (Å²) in [5.74, 6) is 0.117. The summed E-state index contributed by atoms with van der Waals surface area (Å²) in [4.78, 5) is 37.6. The molecule has 7 nitrogen and oxygen atoms in total. The minimum atomic E-state index is -0.342. The van der Waals surface area contributed by atoms with Crippen LogP contribution in [0.4, 0.5) is 0 Å². The van der Waals surface area contributed by atoms with Crippen molar-refractivity contribution >= 4 is 18.2 Å². The summed E-state index contributed by atoms with van der Waals surface area (Å²) in [6.45, 7) is 3.82. The number of benzene rings is 1. The Morgan fingerprint density at radius 2 is 1.83 bits per heavy atom. The number of aryl methyl sites for hydroxylation is 1. The fourth-order valence-electron chi connectivity index (χ4n) is 2.20. The summed E-state index contributed by atoms with van der Waals surface area (Å²) in [5.41, 5.74) is 1.11. The van der Waals surface area contributed by atoms with Gasteiger partial charge in [0.05, 0.1) is 6.54 Å².